The Morgan fingerprint density at radius 1 is 1.19 bits per heavy atom. The number of methoxy groups -OCH3 is 1. The van der Waals surface area contributed by atoms with Crippen LogP contribution in [0, 0.1) is 0 Å². The fraction of sp³-hybridized carbons (Fsp3) is 0.150. The number of aliphatic carboxylic acids is 1. The summed E-state index contributed by atoms with van der Waals surface area (Å²) >= 11 is 0. The molecule has 4 rings (SSSR count). The van der Waals surface area contributed by atoms with Crippen molar-refractivity contribution in [1.82, 2.24) is 5.16 Å². The molecule has 0 saturated carbocycles. The number of hydrogen-bond acceptors (Lipinski definition) is 5. The second kappa shape index (κ2) is 6.60. The van der Waals surface area contributed by atoms with Gasteiger partial charge in [0.2, 0.25) is 0 Å². The Hall–Kier alpha value is -3.61. The zero-order valence-corrected chi connectivity index (χ0v) is 14.5. The number of carbonyl (C=O) groups excluding carboxylic acids is 1. The molecule has 3 aromatic rings. The van der Waals surface area contributed by atoms with E-state index in [1.807, 2.05) is 12.1 Å². The predicted octanol–water partition coefficient (Wildman–Crippen LogP) is 3.18. The summed E-state index contributed by atoms with van der Waals surface area (Å²) in [6.45, 7) is 0.0644. The van der Waals surface area contributed by atoms with E-state index < -0.39 is 17.8 Å². The third kappa shape index (κ3) is 2.93. The van der Waals surface area contributed by atoms with Crippen LogP contribution in [0.2, 0.25) is 0 Å². The molecule has 27 heavy (non-hydrogen) atoms. The van der Waals surface area contributed by atoms with Gasteiger partial charge in [-0.3, -0.25) is 9.59 Å². The number of ether oxygens (including phenoxy) is 1. The molecule has 136 valence electrons. The number of amides is 1. The molecule has 2 heterocycles. The first kappa shape index (κ1) is 16.8. The Kier molecular flexibility index (Phi) is 4.12. The molecule has 1 amide bonds. The van der Waals surface area contributed by atoms with Crippen LogP contribution >= 0.6 is 0 Å². The van der Waals surface area contributed by atoms with Gasteiger partial charge >= 0.3 is 5.97 Å². The number of carboxylic acids is 1. The highest BCUT2D eigenvalue weighted by Crippen LogP contribution is 2.37. The van der Waals surface area contributed by atoms with Crippen LogP contribution in [0.25, 0.3) is 11.3 Å². The van der Waals surface area contributed by atoms with E-state index in [2.05, 4.69) is 5.16 Å². The molecule has 2 aromatic carbocycles. The van der Waals surface area contributed by atoms with E-state index in [4.69, 9.17) is 9.26 Å². The lowest BCUT2D eigenvalue weighted by Crippen LogP contribution is -2.31. The monoisotopic (exact) mass is 364 g/mol. The lowest BCUT2D eigenvalue weighted by molar-refractivity contribution is -0.138. The number of carboxylic acid groups (broad SMARTS) is 1. The molecule has 0 radical (unpaired) electrons. The van der Waals surface area contributed by atoms with E-state index in [9.17, 15) is 14.7 Å². The minimum absolute atomic E-state index is 0.0644. The lowest BCUT2D eigenvalue weighted by atomic mass is 10.0. The third-order valence-electron chi connectivity index (χ3n) is 4.59. The van der Waals surface area contributed by atoms with Crippen LogP contribution in [0.15, 0.2) is 59.1 Å². The molecular weight excluding hydrogens is 348 g/mol. The zero-order valence-electron chi connectivity index (χ0n) is 14.5. The van der Waals surface area contributed by atoms with Gasteiger partial charge in [-0.25, -0.2) is 0 Å². The van der Waals surface area contributed by atoms with Crippen LogP contribution in [-0.2, 0) is 4.79 Å². The molecule has 0 saturated heterocycles. The van der Waals surface area contributed by atoms with Gasteiger partial charge in [0.1, 0.15) is 11.7 Å². The number of fused-ring (bicyclic) bond motifs is 1. The molecule has 0 aliphatic carbocycles. The van der Waals surface area contributed by atoms with E-state index in [-0.39, 0.29) is 12.2 Å². The third-order valence-corrected chi connectivity index (χ3v) is 4.59. The van der Waals surface area contributed by atoms with E-state index >= 15 is 0 Å². The molecule has 1 unspecified atom stereocenters. The zero-order chi connectivity index (χ0) is 19.0. The average molecular weight is 364 g/mol. The molecule has 1 aromatic heterocycles. The second-order valence-electron chi connectivity index (χ2n) is 6.17. The van der Waals surface area contributed by atoms with Gasteiger partial charge in [-0.1, -0.05) is 35.5 Å². The summed E-state index contributed by atoms with van der Waals surface area (Å²) in [5.41, 5.74) is 2.05. The van der Waals surface area contributed by atoms with Gasteiger partial charge in [-0.05, 0) is 23.8 Å². The summed E-state index contributed by atoms with van der Waals surface area (Å²) in [6, 6.07) is 15.8. The van der Waals surface area contributed by atoms with Crippen LogP contribution in [0.3, 0.4) is 0 Å². The molecule has 7 nitrogen and oxygen atoms in total. The summed E-state index contributed by atoms with van der Waals surface area (Å²) < 4.78 is 10.5. The van der Waals surface area contributed by atoms with Crippen molar-refractivity contribution in [2.75, 3.05) is 18.6 Å². The SMILES string of the molecule is COc1cccc(-c2cc(C(=O)N3CC(C(=O)O)c4ccccc43)no2)c1. The van der Waals surface area contributed by atoms with Crippen molar-refractivity contribution in [3.8, 4) is 17.1 Å². The molecule has 1 N–H and O–H groups in total. The molecule has 0 bridgehead atoms. The number of aromatic nitrogens is 1. The number of benzene rings is 2. The molecule has 0 spiro atoms. The minimum atomic E-state index is -0.963. The fourth-order valence-electron chi connectivity index (χ4n) is 3.24. The Bertz CT molecular complexity index is 1030. The van der Waals surface area contributed by atoms with Crippen LogP contribution < -0.4 is 9.64 Å². The number of rotatable bonds is 4. The predicted molar refractivity (Wildman–Crippen MR) is 97.0 cm³/mol. The van der Waals surface area contributed by atoms with Crippen LogP contribution in [0.1, 0.15) is 22.0 Å². The van der Waals surface area contributed by atoms with Crippen molar-refractivity contribution in [1.29, 1.82) is 0 Å². The summed E-state index contributed by atoms with van der Waals surface area (Å²) in [5.74, 6) is -1.02. The fourth-order valence-corrected chi connectivity index (χ4v) is 3.24. The smallest absolute Gasteiger partial charge is 0.312 e. The highest BCUT2D eigenvalue weighted by atomic mass is 16.5. The van der Waals surface area contributed by atoms with Gasteiger partial charge in [0.15, 0.2) is 11.5 Å². The van der Waals surface area contributed by atoms with Crippen molar-refractivity contribution < 1.29 is 24.0 Å². The Morgan fingerprint density at radius 2 is 2.00 bits per heavy atom. The van der Waals surface area contributed by atoms with Gasteiger partial charge in [0, 0.05) is 23.9 Å². The standard InChI is InChI=1S/C20H16N2O5/c1-26-13-6-4-5-12(9-13)18-10-16(21-27-18)19(23)22-11-15(20(24)25)14-7-2-3-8-17(14)22/h2-10,15H,11H2,1H3,(H,24,25). The van der Waals surface area contributed by atoms with Gasteiger partial charge in [-0.15, -0.1) is 0 Å². The first-order valence-corrected chi connectivity index (χ1v) is 8.33. The van der Waals surface area contributed by atoms with Gasteiger partial charge in [0.05, 0.1) is 7.11 Å². The van der Waals surface area contributed by atoms with E-state index in [0.29, 0.717) is 22.8 Å². The molecule has 1 aliphatic rings. The van der Waals surface area contributed by atoms with Crippen molar-refractivity contribution in [2.24, 2.45) is 0 Å². The quantitative estimate of drug-likeness (QED) is 0.764. The Balaban J connectivity index is 1.65. The molecule has 0 fully saturated rings. The van der Waals surface area contributed by atoms with Crippen LogP contribution in [0.4, 0.5) is 5.69 Å². The lowest BCUT2D eigenvalue weighted by Gasteiger charge is -2.15. The van der Waals surface area contributed by atoms with Crippen molar-refractivity contribution in [3.05, 3.63) is 65.9 Å². The first-order valence-electron chi connectivity index (χ1n) is 8.33. The van der Waals surface area contributed by atoms with E-state index in [0.717, 1.165) is 5.56 Å². The van der Waals surface area contributed by atoms with Gasteiger partial charge in [0.25, 0.3) is 5.91 Å². The number of nitrogens with zero attached hydrogens (tertiary/aromatic N) is 2. The van der Waals surface area contributed by atoms with Crippen molar-refractivity contribution in [2.45, 2.75) is 5.92 Å². The Morgan fingerprint density at radius 3 is 2.78 bits per heavy atom. The largest absolute Gasteiger partial charge is 0.497 e. The van der Waals surface area contributed by atoms with E-state index in [1.165, 1.54) is 4.90 Å². The topological polar surface area (TPSA) is 92.9 Å². The highest BCUT2D eigenvalue weighted by molar-refractivity contribution is 6.08. The normalized spacial score (nSPS) is 15.4. The summed E-state index contributed by atoms with van der Waals surface area (Å²) in [4.78, 5) is 25.9. The van der Waals surface area contributed by atoms with E-state index in [1.54, 1.807) is 49.6 Å². The maximum Gasteiger partial charge on any atom is 0.312 e. The van der Waals surface area contributed by atoms with Crippen molar-refractivity contribution >= 4 is 17.6 Å². The molecule has 1 atom stereocenters. The number of para-hydroxylation sites is 1. The highest BCUT2D eigenvalue weighted by Gasteiger charge is 2.37. The number of anilines is 1. The summed E-state index contributed by atoms with van der Waals surface area (Å²) in [5, 5.41) is 13.3. The maximum atomic E-state index is 12.9. The first-order chi connectivity index (χ1) is 13.1. The molecule has 1 aliphatic heterocycles. The summed E-state index contributed by atoms with van der Waals surface area (Å²) in [7, 11) is 1.57. The second-order valence-corrected chi connectivity index (χ2v) is 6.17. The summed E-state index contributed by atoms with van der Waals surface area (Å²) in [6.07, 6.45) is 0. The maximum absolute atomic E-state index is 12.9. The number of carbonyl (C=O) groups is 2. The Labute approximate surface area is 154 Å². The van der Waals surface area contributed by atoms with Crippen LogP contribution in [-0.4, -0.2) is 35.8 Å². The number of hydrogen-bond donors (Lipinski definition) is 1. The minimum Gasteiger partial charge on any atom is -0.497 e. The van der Waals surface area contributed by atoms with Gasteiger partial charge < -0.3 is 19.3 Å². The van der Waals surface area contributed by atoms with Crippen molar-refractivity contribution in [3.63, 3.8) is 0 Å². The average Bonchev–Trinajstić information content (AvgIpc) is 3.33. The van der Waals surface area contributed by atoms with Crippen LogP contribution in [0.5, 0.6) is 5.75 Å². The molecular formula is C20H16N2O5. The molecule has 7 heteroatoms. The van der Waals surface area contributed by atoms with Gasteiger partial charge in [-0.2, -0.15) is 0 Å².